The Hall–Kier alpha value is -3.16. The lowest BCUT2D eigenvalue weighted by molar-refractivity contribution is -0.119. The van der Waals surface area contributed by atoms with Crippen molar-refractivity contribution in [2.24, 2.45) is 10.7 Å². The van der Waals surface area contributed by atoms with Crippen LogP contribution in [0.2, 0.25) is 0 Å². The number of hydrogen-bond acceptors (Lipinski definition) is 8. The van der Waals surface area contributed by atoms with Crippen molar-refractivity contribution in [3.63, 3.8) is 0 Å². The van der Waals surface area contributed by atoms with Crippen LogP contribution in [0.25, 0.3) is 0 Å². The zero-order valence-electron chi connectivity index (χ0n) is 16.4. The van der Waals surface area contributed by atoms with Crippen LogP contribution in [-0.4, -0.2) is 47.2 Å². The molecule has 166 valence electrons. The fraction of sp³-hybridized carbons (Fsp3) is 0.167. The number of rotatable bonds is 7. The maximum atomic E-state index is 12.6. The minimum atomic E-state index is -4.16. The van der Waals surface area contributed by atoms with Crippen molar-refractivity contribution in [2.75, 3.05) is 26.1 Å². The molecule has 0 aliphatic rings. The number of hydrogen-bond donors (Lipinski definition) is 3. The number of aliphatic imine (C=N–C) groups is 1. The molecule has 0 atom stereocenters. The van der Waals surface area contributed by atoms with Gasteiger partial charge in [0.2, 0.25) is 11.9 Å². The maximum absolute atomic E-state index is 12.6. The van der Waals surface area contributed by atoms with Gasteiger partial charge in [0.25, 0.3) is 0 Å². The zero-order chi connectivity index (χ0) is 23.0. The molecule has 0 radical (unpaired) electrons. The molecule has 0 heterocycles. The fourth-order valence-electron chi connectivity index (χ4n) is 2.19. The Morgan fingerprint density at radius 1 is 1.16 bits per heavy atom. The summed E-state index contributed by atoms with van der Waals surface area (Å²) in [5.74, 6) is -0.954. The standard InChI is InChI=1S/C18H19BrN4O7S/c1-28-10-16(24)21-14-7-6-12(9-15(14)22-17(20)23-18(25)29-2)30-31(26,27)13-5-3-4-11(19)8-13/h3-9H,10H2,1-2H3,(H,21,24)(H3,20,22,23,25). The van der Waals surface area contributed by atoms with Crippen molar-refractivity contribution in [1.82, 2.24) is 5.32 Å². The molecule has 0 aliphatic heterocycles. The quantitative estimate of drug-likeness (QED) is 0.287. The largest absolute Gasteiger partial charge is 0.453 e. The van der Waals surface area contributed by atoms with E-state index < -0.39 is 22.1 Å². The van der Waals surface area contributed by atoms with Gasteiger partial charge in [0.1, 0.15) is 17.3 Å². The number of benzene rings is 2. The molecule has 31 heavy (non-hydrogen) atoms. The average Bonchev–Trinajstić information content (AvgIpc) is 2.69. The zero-order valence-corrected chi connectivity index (χ0v) is 18.8. The number of halogens is 1. The molecule has 0 aliphatic carbocycles. The Morgan fingerprint density at radius 2 is 1.90 bits per heavy atom. The van der Waals surface area contributed by atoms with E-state index in [1.807, 2.05) is 0 Å². The number of methoxy groups -OCH3 is 2. The van der Waals surface area contributed by atoms with Crippen molar-refractivity contribution in [3.05, 3.63) is 46.9 Å². The van der Waals surface area contributed by atoms with Gasteiger partial charge in [0, 0.05) is 17.6 Å². The molecule has 11 nitrogen and oxygen atoms in total. The number of guanidine groups is 1. The lowest BCUT2D eigenvalue weighted by Gasteiger charge is -2.12. The van der Waals surface area contributed by atoms with Gasteiger partial charge in [0.05, 0.1) is 18.5 Å². The third kappa shape index (κ3) is 7.24. The van der Waals surface area contributed by atoms with Crippen molar-refractivity contribution in [2.45, 2.75) is 4.90 Å². The van der Waals surface area contributed by atoms with Gasteiger partial charge >= 0.3 is 16.2 Å². The molecule has 2 amide bonds. The second-order valence-corrected chi connectivity index (χ2v) is 8.23. The van der Waals surface area contributed by atoms with Crippen molar-refractivity contribution < 1.29 is 31.7 Å². The van der Waals surface area contributed by atoms with Crippen molar-refractivity contribution >= 4 is 55.4 Å². The number of anilines is 1. The normalized spacial score (nSPS) is 11.5. The first kappa shape index (κ1) is 24.1. The Labute approximate surface area is 186 Å². The third-order valence-corrected chi connectivity index (χ3v) is 5.20. The number of amides is 2. The molecule has 2 aromatic carbocycles. The van der Waals surface area contributed by atoms with E-state index >= 15 is 0 Å². The lowest BCUT2D eigenvalue weighted by atomic mass is 10.2. The molecule has 13 heteroatoms. The number of alkyl carbamates (subject to hydrolysis) is 1. The summed E-state index contributed by atoms with van der Waals surface area (Å²) in [6, 6.07) is 9.88. The van der Waals surface area contributed by atoms with E-state index in [2.05, 4.69) is 36.3 Å². The average molecular weight is 515 g/mol. The monoisotopic (exact) mass is 514 g/mol. The van der Waals surface area contributed by atoms with Crippen LogP contribution in [0, 0.1) is 0 Å². The highest BCUT2D eigenvalue weighted by atomic mass is 79.9. The third-order valence-electron chi connectivity index (χ3n) is 3.47. The summed E-state index contributed by atoms with van der Waals surface area (Å²) in [5.41, 5.74) is 5.85. The van der Waals surface area contributed by atoms with Crippen molar-refractivity contribution in [1.29, 1.82) is 0 Å². The first-order chi connectivity index (χ1) is 14.6. The topological polar surface area (TPSA) is 158 Å². The van der Waals surface area contributed by atoms with Gasteiger partial charge in [-0.3, -0.25) is 10.1 Å². The van der Waals surface area contributed by atoms with Gasteiger partial charge in [-0.25, -0.2) is 9.79 Å². The Kier molecular flexibility index (Phi) is 8.36. The number of carbonyl (C=O) groups is 2. The summed E-state index contributed by atoms with van der Waals surface area (Å²) < 4.78 is 40.0. The molecule has 0 aromatic heterocycles. The number of ether oxygens (including phenoxy) is 2. The van der Waals surface area contributed by atoms with Gasteiger partial charge in [-0.1, -0.05) is 22.0 Å². The van der Waals surface area contributed by atoms with E-state index in [0.29, 0.717) is 4.47 Å². The van der Waals surface area contributed by atoms with Gasteiger partial charge in [-0.05, 0) is 30.3 Å². The number of nitrogens with one attached hydrogen (secondary N) is 2. The van der Waals surface area contributed by atoms with Crippen LogP contribution in [0.1, 0.15) is 0 Å². The number of carbonyl (C=O) groups excluding carboxylic acids is 2. The maximum Gasteiger partial charge on any atom is 0.413 e. The molecular weight excluding hydrogens is 496 g/mol. The molecule has 0 bridgehead atoms. The second-order valence-electron chi connectivity index (χ2n) is 5.77. The summed E-state index contributed by atoms with van der Waals surface area (Å²) in [4.78, 5) is 27.1. The van der Waals surface area contributed by atoms with Gasteiger partial charge in [0.15, 0.2) is 0 Å². The molecule has 2 rings (SSSR count). The van der Waals surface area contributed by atoms with E-state index in [1.54, 1.807) is 12.1 Å². The Balaban J connectivity index is 2.40. The van der Waals surface area contributed by atoms with E-state index in [0.717, 1.165) is 7.11 Å². The molecule has 0 unspecified atom stereocenters. The minimum Gasteiger partial charge on any atom is -0.453 e. The predicted molar refractivity (Wildman–Crippen MR) is 116 cm³/mol. The number of nitrogens with zero attached hydrogens (tertiary/aromatic N) is 1. The van der Waals surface area contributed by atoms with E-state index in [9.17, 15) is 18.0 Å². The fourth-order valence-corrected chi connectivity index (χ4v) is 3.71. The van der Waals surface area contributed by atoms with Crippen LogP contribution >= 0.6 is 15.9 Å². The minimum absolute atomic E-state index is 0.0142. The Bertz CT molecular complexity index is 1110. The molecule has 0 saturated carbocycles. The first-order valence-electron chi connectivity index (χ1n) is 8.46. The smallest absolute Gasteiger partial charge is 0.413 e. The number of nitrogens with two attached hydrogens (primary N) is 1. The molecule has 0 saturated heterocycles. The highest BCUT2D eigenvalue weighted by molar-refractivity contribution is 9.10. The van der Waals surface area contributed by atoms with E-state index in [4.69, 9.17) is 14.7 Å². The van der Waals surface area contributed by atoms with Gasteiger partial charge in [-0.2, -0.15) is 8.42 Å². The van der Waals surface area contributed by atoms with E-state index in [1.165, 1.54) is 37.4 Å². The summed E-state index contributed by atoms with van der Waals surface area (Å²) >= 11 is 3.20. The van der Waals surface area contributed by atoms with E-state index in [-0.39, 0.29) is 34.6 Å². The summed E-state index contributed by atoms with van der Waals surface area (Å²) in [5, 5.41) is 4.68. The Morgan fingerprint density at radius 3 is 2.55 bits per heavy atom. The summed E-state index contributed by atoms with van der Waals surface area (Å²) in [7, 11) is -1.67. The lowest BCUT2D eigenvalue weighted by Crippen LogP contribution is -2.36. The van der Waals surface area contributed by atoms with Gasteiger partial charge in [-0.15, -0.1) is 0 Å². The SMILES string of the molecule is COCC(=O)Nc1ccc(OS(=O)(=O)c2cccc(Br)c2)cc1N=C(N)NC(=O)OC. The van der Waals surface area contributed by atoms with Crippen LogP contribution < -0.4 is 20.6 Å². The second kappa shape index (κ2) is 10.7. The van der Waals surface area contributed by atoms with Crippen LogP contribution in [0.5, 0.6) is 5.75 Å². The highest BCUT2D eigenvalue weighted by Gasteiger charge is 2.18. The van der Waals surface area contributed by atoms with Gasteiger partial charge < -0.3 is 24.7 Å². The molecular formula is C18H19BrN4O7S. The van der Waals surface area contributed by atoms with Crippen molar-refractivity contribution in [3.8, 4) is 5.75 Å². The molecule has 4 N–H and O–H groups in total. The van der Waals surface area contributed by atoms with Crippen LogP contribution in [0.15, 0.2) is 56.8 Å². The van der Waals surface area contributed by atoms with Crippen LogP contribution in [-0.2, 0) is 24.4 Å². The molecule has 2 aromatic rings. The summed E-state index contributed by atoms with van der Waals surface area (Å²) in [6.07, 6.45) is -0.865. The predicted octanol–water partition coefficient (Wildman–Crippen LogP) is 2.10. The summed E-state index contributed by atoms with van der Waals surface area (Å²) in [6.45, 7) is -0.228. The van der Waals surface area contributed by atoms with Crippen LogP contribution in [0.3, 0.4) is 0 Å². The van der Waals surface area contributed by atoms with Crippen LogP contribution in [0.4, 0.5) is 16.2 Å². The highest BCUT2D eigenvalue weighted by Crippen LogP contribution is 2.31. The molecule has 0 spiro atoms. The first-order valence-corrected chi connectivity index (χ1v) is 10.7. The molecule has 0 fully saturated rings.